The van der Waals surface area contributed by atoms with Gasteiger partial charge in [-0.05, 0) is 39.0 Å². The molecule has 6 nitrogen and oxygen atoms in total. The summed E-state index contributed by atoms with van der Waals surface area (Å²) >= 11 is 0. The van der Waals surface area contributed by atoms with Crippen LogP contribution >= 0.6 is 0 Å². The van der Waals surface area contributed by atoms with Gasteiger partial charge in [0, 0.05) is 23.9 Å². The van der Waals surface area contributed by atoms with Crippen molar-refractivity contribution in [3.8, 4) is 0 Å². The maximum absolute atomic E-state index is 5.90. The Hall–Kier alpha value is -1.69. The molecule has 2 aromatic heterocycles. The minimum absolute atomic E-state index is 0.348. The van der Waals surface area contributed by atoms with E-state index in [0.29, 0.717) is 23.8 Å². The van der Waals surface area contributed by atoms with Crippen LogP contribution in [0.1, 0.15) is 44.4 Å². The fraction of sp³-hybridized carbons (Fsp3) is 0.688. The Balaban J connectivity index is 1.80. The Kier molecular flexibility index (Phi) is 4.29. The Morgan fingerprint density at radius 3 is 3.00 bits per heavy atom. The fourth-order valence-electron chi connectivity index (χ4n) is 3.10. The number of nitrogens with one attached hydrogen (secondary N) is 1. The van der Waals surface area contributed by atoms with Gasteiger partial charge in [-0.3, -0.25) is 0 Å². The van der Waals surface area contributed by atoms with Crippen LogP contribution in [0.25, 0.3) is 5.78 Å². The predicted octanol–water partition coefficient (Wildman–Crippen LogP) is 2.75. The number of aryl methyl sites for hydroxylation is 1. The molecular formula is C16H25N5O. The largest absolute Gasteiger partial charge is 0.378 e. The Morgan fingerprint density at radius 1 is 1.41 bits per heavy atom. The van der Waals surface area contributed by atoms with Gasteiger partial charge in [-0.1, -0.05) is 13.8 Å². The van der Waals surface area contributed by atoms with E-state index >= 15 is 0 Å². The van der Waals surface area contributed by atoms with Crippen LogP contribution in [-0.4, -0.2) is 38.3 Å². The highest BCUT2D eigenvalue weighted by Crippen LogP contribution is 2.25. The second kappa shape index (κ2) is 6.20. The van der Waals surface area contributed by atoms with Gasteiger partial charge in [-0.2, -0.15) is 14.6 Å². The number of fused-ring (bicyclic) bond motifs is 1. The molecule has 1 aliphatic rings. The van der Waals surface area contributed by atoms with Crippen molar-refractivity contribution in [2.75, 3.05) is 11.9 Å². The molecule has 3 rings (SSSR count). The summed E-state index contributed by atoms with van der Waals surface area (Å²) in [5, 5.41) is 7.97. The van der Waals surface area contributed by atoms with Gasteiger partial charge in [-0.25, -0.2) is 4.98 Å². The molecule has 1 N–H and O–H groups in total. The molecular weight excluding hydrogens is 278 g/mol. The topological polar surface area (TPSA) is 64.3 Å². The molecule has 0 unspecified atom stereocenters. The van der Waals surface area contributed by atoms with E-state index < -0.39 is 0 Å². The van der Waals surface area contributed by atoms with E-state index in [1.54, 1.807) is 10.8 Å². The molecule has 2 atom stereocenters. The van der Waals surface area contributed by atoms with Crippen LogP contribution < -0.4 is 5.32 Å². The van der Waals surface area contributed by atoms with Crippen LogP contribution in [0.2, 0.25) is 0 Å². The number of aromatic nitrogens is 4. The summed E-state index contributed by atoms with van der Waals surface area (Å²) in [5.74, 6) is 2.32. The molecule has 0 spiro atoms. The van der Waals surface area contributed by atoms with Crippen molar-refractivity contribution in [3.05, 3.63) is 17.6 Å². The van der Waals surface area contributed by atoms with Crippen LogP contribution in [0.3, 0.4) is 0 Å². The molecule has 0 aromatic carbocycles. The minimum Gasteiger partial charge on any atom is -0.378 e. The average molecular weight is 303 g/mol. The molecule has 22 heavy (non-hydrogen) atoms. The third kappa shape index (κ3) is 3.06. The number of hydrogen-bond donors (Lipinski definition) is 1. The van der Waals surface area contributed by atoms with Crippen molar-refractivity contribution < 1.29 is 4.74 Å². The van der Waals surface area contributed by atoms with Gasteiger partial charge >= 0.3 is 0 Å². The first kappa shape index (κ1) is 15.2. The molecule has 6 heteroatoms. The van der Waals surface area contributed by atoms with Crippen LogP contribution in [0, 0.1) is 19.8 Å². The standard InChI is InChI=1S/C16H25N5O/c1-10(2)7-14-8-13(5-6-22-14)20-15-11(3)12(4)19-16-17-9-18-21(15)16/h9-10,13-14,20H,5-8H2,1-4H3/t13-,14-/m1/s1. The predicted molar refractivity (Wildman–Crippen MR) is 86.1 cm³/mol. The van der Waals surface area contributed by atoms with E-state index in [9.17, 15) is 0 Å². The zero-order valence-corrected chi connectivity index (χ0v) is 13.8. The van der Waals surface area contributed by atoms with E-state index in [1.165, 1.54) is 0 Å². The lowest BCUT2D eigenvalue weighted by molar-refractivity contribution is -0.000613. The van der Waals surface area contributed by atoms with Gasteiger partial charge < -0.3 is 10.1 Å². The van der Waals surface area contributed by atoms with Gasteiger partial charge in [-0.15, -0.1) is 0 Å². The Morgan fingerprint density at radius 2 is 2.23 bits per heavy atom. The number of ether oxygens (including phenoxy) is 1. The van der Waals surface area contributed by atoms with Gasteiger partial charge in [0.25, 0.3) is 5.78 Å². The van der Waals surface area contributed by atoms with Crippen LogP contribution in [0.5, 0.6) is 0 Å². The van der Waals surface area contributed by atoms with Gasteiger partial charge in [0.2, 0.25) is 0 Å². The summed E-state index contributed by atoms with van der Waals surface area (Å²) in [6.07, 6.45) is 5.07. The Bertz CT molecular complexity index is 651. The van der Waals surface area contributed by atoms with Gasteiger partial charge in [0.05, 0.1) is 6.10 Å². The summed E-state index contributed by atoms with van der Waals surface area (Å²) in [4.78, 5) is 8.67. The second-order valence-corrected chi connectivity index (χ2v) is 6.63. The van der Waals surface area contributed by atoms with Crippen molar-refractivity contribution in [2.45, 2.75) is 59.1 Å². The smallest absolute Gasteiger partial charge is 0.254 e. The highest BCUT2D eigenvalue weighted by Gasteiger charge is 2.24. The molecule has 1 fully saturated rings. The molecule has 3 heterocycles. The number of rotatable bonds is 4. The molecule has 0 aliphatic carbocycles. The first-order chi connectivity index (χ1) is 10.5. The SMILES string of the molecule is Cc1nc2ncnn2c(N[C@@H]2CCO[C@H](CC(C)C)C2)c1C. The minimum atomic E-state index is 0.348. The monoisotopic (exact) mass is 303 g/mol. The molecule has 1 aliphatic heterocycles. The van der Waals surface area contributed by atoms with Gasteiger partial charge in [0.1, 0.15) is 12.1 Å². The normalized spacial score (nSPS) is 22.4. The summed E-state index contributed by atoms with van der Waals surface area (Å²) < 4.78 is 7.70. The molecule has 0 bridgehead atoms. The maximum Gasteiger partial charge on any atom is 0.254 e. The number of hydrogen-bond acceptors (Lipinski definition) is 5. The summed E-state index contributed by atoms with van der Waals surface area (Å²) in [7, 11) is 0. The highest BCUT2D eigenvalue weighted by atomic mass is 16.5. The second-order valence-electron chi connectivity index (χ2n) is 6.63. The summed E-state index contributed by atoms with van der Waals surface area (Å²) in [6.45, 7) is 9.40. The van der Waals surface area contributed by atoms with Crippen molar-refractivity contribution in [1.82, 2.24) is 19.6 Å². The van der Waals surface area contributed by atoms with Crippen molar-refractivity contribution in [3.63, 3.8) is 0 Å². The van der Waals surface area contributed by atoms with Crippen LogP contribution in [0.4, 0.5) is 5.82 Å². The number of anilines is 1. The number of nitrogens with zero attached hydrogens (tertiary/aromatic N) is 4. The zero-order valence-electron chi connectivity index (χ0n) is 13.8. The quantitative estimate of drug-likeness (QED) is 0.941. The summed E-state index contributed by atoms with van der Waals surface area (Å²) in [5.41, 5.74) is 2.12. The Labute approximate surface area is 131 Å². The van der Waals surface area contributed by atoms with Crippen LogP contribution in [0.15, 0.2) is 6.33 Å². The van der Waals surface area contributed by atoms with Crippen LogP contribution in [-0.2, 0) is 4.74 Å². The molecule has 2 aromatic rings. The highest BCUT2D eigenvalue weighted by molar-refractivity contribution is 5.52. The van der Waals surface area contributed by atoms with E-state index in [1.807, 2.05) is 6.92 Å². The lowest BCUT2D eigenvalue weighted by Gasteiger charge is -2.32. The first-order valence-corrected chi connectivity index (χ1v) is 8.09. The molecule has 1 saturated heterocycles. The van der Waals surface area contributed by atoms with Crippen molar-refractivity contribution >= 4 is 11.6 Å². The first-order valence-electron chi connectivity index (χ1n) is 8.09. The lowest BCUT2D eigenvalue weighted by atomic mass is 9.96. The van der Waals surface area contributed by atoms with Crippen molar-refractivity contribution in [1.29, 1.82) is 0 Å². The molecule has 0 radical (unpaired) electrons. The average Bonchev–Trinajstić information content (AvgIpc) is 2.91. The van der Waals surface area contributed by atoms with E-state index in [2.05, 4.69) is 41.2 Å². The fourth-order valence-corrected chi connectivity index (χ4v) is 3.10. The van der Waals surface area contributed by atoms with E-state index in [0.717, 1.165) is 42.9 Å². The third-order valence-electron chi connectivity index (χ3n) is 4.35. The zero-order chi connectivity index (χ0) is 15.7. The third-order valence-corrected chi connectivity index (χ3v) is 4.35. The maximum atomic E-state index is 5.90. The van der Waals surface area contributed by atoms with Crippen molar-refractivity contribution in [2.24, 2.45) is 5.92 Å². The lowest BCUT2D eigenvalue weighted by Crippen LogP contribution is -2.35. The van der Waals surface area contributed by atoms with E-state index in [-0.39, 0.29) is 0 Å². The molecule has 120 valence electrons. The van der Waals surface area contributed by atoms with Gasteiger partial charge in [0.15, 0.2) is 0 Å². The van der Waals surface area contributed by atoms with E-state index in [4.69, 9.17) is 4.74 Å². The molecule has 0 saturated carbocycles. The summed E-state index contributed by atoms with van der Waals surface area (Å²) in [6, 6.07) is 0.408. The molecule has 0 amide bonds.